The topological polar surface area (TPSA) is 36.3 Å². The fourth-order valence-corrected chi connectivity index (χ4v) is 3.83. The highest BCUT2D eigenvalue weighted by Gasteiger charge is 2.23. The van der Waals surface area contributed by atoms with Crippen LogP contribution >= 0.6 is 8.38 Å². The van der Waals surface area contributed by atoms with Crippen LogP contribution in [0.4, 0.5) is 0 Å². The van der Waals surface area contributed by atoms with Gasteiger partial charge in [-0.1, -0.05) is 36.4 Å². The van der Waals surface area contributed by atoms with Gasteiger partial charge in [-0.15, -0.1) is 0 Å². The predicted molar refractivity (Wildman–Crippen MR) is 90.9 cm³/mol. The smallest absolute Gasteiger partial charge is 0.225 e. The normalized spacial score (nSPS) is 11.4. The molecule has 0 unspecified atom stereocenters. The molecule has 1 heterocycles. The van der Waals surface area contributed by atoms with Crippen LogP contribution in [0.1, 0.15) is 13.8 Å². The Hall–Kier alpha value is -1.74. The van der Waals surface area contributed by atoms with E-state index in [-0.39, 0.29) is 0 Å². The van der Waals surface area contributed by atoms with Crippen LogP contribution < -0.4 is 5.44 Å². The van der Waals surface area contributed by atoms with Gasteiger partial charge in [0.2, 0.25) is 8.38 Å². The Labute approximate surface area is 131 Å². The van der Waals surface area contributed by atoms with Crippen molar-refractivity contribution in [2.24, 2.45) is 0 Å². The molecule has 0 aliphatic heterocycles. The van der Waals surface area contributed by atoms with E-state index in [2.05, 4.69) is 6.07 Å². The van der Waals surface area contributed by atoms with E-state index >= 15 is 0 Å². The summed E-state index contributed by atoms with van der Waals surface area (Å²) < 4.78 is 13.7. The van der Waals surface area contributed by atoms with Crippen LogP contribution in [0.5, 0.6) is 0 Å². The molecule has 0 bridgehead atoms. The average molecular weight is 314 g/mol. The van der Waals surface area contributed by atoms with Crippen LogP contribution in [0.2, 0.25) is 0 Å². The molecule has 0 radical (unpaired) electrons. The summed E-state index contributed by atoms with van der Waals surface area (Å²) in [6.07, 6.45) is 0. The maximum absolute atomic E-state index is 5.88. The molecule has 0 N–H and O–H groups in total. The number of hydrogen-bond donors (Lipinski definition) is 0. The van der Waals surface area contributed by atoms with Gasteiger partial charge in [0.05, 0.1) is 24.4 Å². The lowest BCUT2D eigenvalue weighted by Crippen LogP contribution is -2.17. The van der Waals surface area contributed by atoms with E-state index in [0.29, 0.717) is 13.2 Å². The van der Waals surface area contributed by atoms with Crippen LogP contribution in [0.3, 0.4) is 0 Å². The van der Waals surface area contributed by atoms with Gasteiger partial charge < -0.3 is 9.05 Å². The summed E-state index contributed by atoms with van der Waals surface area (Å²) >= 11 is 0. The molecule has 0 spiro atoms. The molecule has 3 aromatic rings. The molecule has 2 aromatic carbocycles. The molecule has 3 rings (SSSR count). The van der Waals surface area contributed by atoms with Crippen LogP contribution in [-0.2, 0) is 9.05 Å². The number of para-hydroxylation sites is 1. The van der Waals surface area contributed by atoms with Crippen molar-refractivity contribution in [1.29, 1.82) is 0 Å². The molecule has 0 fully saturated rings. The van der Waals surface area contributed by atoms with Crippen molar-refractivity contribution in [3.63, 3.8) is 0 Å². The molecule has 4 nitrogen and oxygen atoms in total. The third-order valence-corrected chi connectivity index (χ3v) is 4.98. The fourth-order valence-electron chi connectivity index (χ4n) is 2.34. The number of nitrogens with zero attached hydrogens (tertiary/aromatic N) is 2. The molecule has 0 atom stereocenters. The molecule has 114 valence electrons. The Morgan fingerprint density at radius 1 is 0.909 bits per heavy atom. The van der Waals surface area contributed by atoms with E-state index in [1.165, 1.54) is 0 Å². The number of rotatable bonds is 6. The fraction of sp³-hybridized carbons (Fsp3) is 0.235. The molecule has 0 saturated carbocycles. The van der Waals surface area contributed by atoms with E-state index in [1.807, 2.05) is 67.1 Å². The highest BCUT2D eigenvalue weighted by Crippen LogP contribution is 2.40. The third-order valence-electron chi connectivity index (χ3n) is 3.22. The zero-order valence-corrected chi connectivity index (χ0v) is 13.7. The average Bonchev–Trinajstić information content (AvgIpc) is 2.95. The lowest BCUT2D eigenvalue weighted by Gasteiger charge is -2.17. The van der Waals surface area contributed by atoms with Crippen molar-refractivity contribution in [3.05, 3.63) is 54.6 Å². The SMILES string of the molecule is CCOP(OCC)c1c2ccccc2nn1-c1ccccc1. The van der Waals surface area contributed by atoms with Gasteiger partial charge in [0.25, 0.3) is 0 Å². The minimum atomic E-state index is -1.16. The molecule has 0 aliphatic rings. The Balaban J connectivity index is 2.20. The zero-order valence-electron chi connectivity index (χ0n) is 12.8. The summed E-state index contributed by atoms with van der Waals surface area (Å²) in [5.74, 6) is 0. The van der Waals surface area contributed by atoms with Gasteiger partial charge in [0.1, 0.15) is 5.44 Å². The van der Waals surface area contributed by atoms with Crippen molar-refractivity contribution in [2.75, 3.05) is 13.2 Å². The van der Waals surface area contributed by atoms with Crippen LogP contribution in [-0.4, -0.2) is 23.0 Å². The number of fused-ring (bicyclic) bond motifs is 1. The van der Waals surface area contributed by atoms with Crippen molar-refractivity contribution in [2.45, 2.75) is 13.8 Å². The Bertz CT molecular complexity index is 737. The second kappa shape index (κ2) is 7.01. The lowest BCUT2D eigenvalue weighted by atomic mass is 10.3. The standard InChI is InChI=1S/C17H19N2O2P/c1-3-20-22(21-4-2)17-15-12-8-9-13-16(15)18-19(17)14-10-6-5-7-11-14/h5-13H,3-4H2,1-2H3. The number of benzene rings is 2. The Morgan fingerprint density at radius 3 is 2.23 bits per heavy atom. The highest BCUT2D eigenvalue weighted by molar-refractivity contribution is 7.56. The minimum absolute atomic E-state index is 0.611. The molecule has 1 aromatic heterocycles. The first-order chi connectivity index (χ1) is 10.8. The van der Waals surface area contributed by atoms with Crippen molar-refractivity contribution in [3.8, 4) is 5.69 Å². The first kappa shape index (κ1) is 15.2. The van der Waals surface area contributed by atoms with Gasteiger partial charge in [-0.25, -0.2) is 4.68 Å². The van der Waals surface area contributed by atoms with E-state index in [1.54, 1.807) is 0 Å². The second-order valence-corrected chi connectivity index (χ2v) is 6.13. The Morgan fingerprint density at radius 2 is 1.55 bits per heavy atom. The van der Waals surface area contributed by atoms with Gasteiger partial charge in [-0.2, -0.15) is 5.10 Å². The van der Waals surface area contributed by atoms with Crippen molar-refractivity contribution >= 4 is 24.7 Å². The maximum atomic E-state index is 5.88. The predicted octanol–water partition coefficient (Wildman–Crippen LogP) is 4.04. The Kier molecular flexibility index (Phi) is 4.84. The summed E-state index contributed by atoms with van der Waals surface area (Å²) in [7, 11) is -1.16. The van der Waals surface area contributed by atoms with Crippen LogP contribution in [0.15, 0.2) is 54.6 Å². The molecular formula is C17H19N2O2P. The molecule has 22 heavy (non-hydrogen) atoms. The molecular weight excluding hydrogens is 295 g/mol. The van der Waals surface area contributed by atoms with Crippen molar-refractivity contribution in [1.82, 2.24) is 9.78 Å². The molecule has 0 amide bonds. The molecule has 0 aliphatic carbocycles. The van der Waals surface area contributed by atoms with E-state index in [9.17, 15) is 0 Å². The van der Waals surface area contributed by atoms with Crippen LogP contribution in [0.25, 0.3) is 16.6 Å². The summed E-state index contributed by atoms with van der Waals surface area (Å²) in [5.41, 5.74) is 2.97. The van der Waals surface area contributed by atoms with Gasteiger partial charge >= 0.3 is 0 Å². The zero-order chi connectivity index (χ0) is 15.4. The lowest BCUT2D eigenvalue weighted by molar-refractivity contribution is 0.276. The largest absolute Gasteiger partial charge is 0.330 e. The number of hydrogen-bond acceptors (Lipinski definition) is 3. The van der Waals surface area contributed by atoms with E-state index < -0.39 is 8.38 Å². The number of aromatic nitrogens is 2. The van der Waals surface area contributed by atoms with Gasteiger partial charge in [0, 0.05) is 5.39 Å². The minimum Gasteiger partial charge on any atom is -0.330 e. The van der Waals surface area contributed by atoms with Gasteiger partial charge in [-0.3, -0.25) is 0 Å². The summed E-state index contributed by atoms with van der Waals surface area (Å²) in [6.45, 7) is 5.19. The summed E-state index contributed by atoms with van der Waals surface area (Å²) in [6, 6.07) is 18.2. The quantitative estimate of drug-likeness (QED) is 0.644. The maximum Gasteiger partial charge on any atom is 0.225 e. The highest BCUT2D eigenvalue weighted by atomic mass is 31.2. The van der Waals surface area contributed by atoms with Crippen molar-refractivity contribution < 1.29 is 9.05 Å². The van der Waals surface area contributed by atoms with Crippen LogP contribution in [0, 0.1) is 0 Å². The van der Waals surface area contributed by atoms with E-state index in [4.69, 9.17) is 14.1 Å². The first-order valence-electron chi connectivity index (χ1n) is 7.44. The molecule has 0 saturated heterocycles. The summed E-state index contributed by atoms with van der Waals surface area (Å²) in [5, 5.41) is 5.82. The summed E-state index contributed by atoms with van der Waals surface area (Å²) in [4.78, 5) is 0. The third kappa shape index (κ3) is 2.91. The van der Waals surface area contributed by atoms with E-state index in [0.717, 1.165) is 22.0 Å². The molecule has 5 heteroatoms. The monoisotopic (exact) mass is 314 g/mol. The van der Waals surface area contributed by atoms with Gasteiger partial charge in [-0.05, 0) is 32.0 Å². The van der Waals surface area contributed by atoms with Gasteiger partial charge in [0.15, 0.2) is 0 Å². The second-order valence-electron chi connectivity index (χ2n) is 4.68. The first-order valence-corrected chi connectivity index (χ1v) is 8.62.